The summed E-state index contributed by atoms with van der Waals surface area (Å²) >= 11 is 0. The van der Waals surface area contributed by atoms with E-state index in [1.807, 2.05) is 4.90 Å². The number of pyridine rings is 1. The van der Waals surface area contributed by atoms with Crippen molar-refractivity contribution in [2.45, 2.75) is 63.1 Å². The third-order valence-corrected chi connectivity index (χ3v) is 6.92. The van der Waals surface area contributed by atoms with E-state index in [1.165, 1.54) is 23.2 Å². The maximum atomic E-state index is 13.8. The molecule has 3 unspecified atom stereocenters. The first-order valence-electron chi connectivity index (χ1n) is 12.1. The number of hydrogen-bond acceptors (Lipinski definition) is 7. The molecule has 194 valence electrons. The molecule has 2 aromatic heterocycles. The highest BCUT2D eigenvalue weighted by Gasteiger charge is 2.36. The number of hydrogen-bond donors (Lipinski definition) is 1. The zero-order valence-electron chi connectivity index (χ0n) is 19.8. The molecule has 3 aliphatic heterocycles. The number of halogens is 4. The molecule has 0 aromatic carbocycles. The van der Waals surface area contributed by atoms with Crippen LogP contribution in [0.25, 0.3) is 0 Å². The van der Waals surface area contributed by atoms with Gasteiger partial charge in [-0.2, -0.15) is 13.8 Å². The van der Waals surface area contributed by atoms with E-state index >= 15 is 0 Å². The molecule has 3 aliphatic rings. The number of morpholine rings is 1. The lowest BCUT2D eigenvalue weighted by atomic mass is 9.94. The Bertz CT molecular complexity index is 1100. The highest BCUT2D eigenvalue weighted by molar-refractivity contribution is 5.79. The molecular weight excluding hydrogens is 480 g/mol. The highest BCUT2D eigenvalue weighted by Crippen LogP contribution is 2.33. The minimum absolute atomic E-state index is 0.0892. The molecule has 3 atom stereocenters. The first-order chi connectivity index (χ1) is 17.2. The fraction of sp³-hybridized carbons (Fsp3) is 0.583. The lowest BCUT2D eigenvalue weighted by Crippen LogP contribution is -2.44. The van der Waals surface area contributed by atoms with Gasteiger partial charge in [-0.3, -0.25) is 4.79 Å². The van der Waals surface area contributed by atoms with Gasteiger partial charge >= 0.3 is 6.43 Å². The average Bonchev–Trinajstić information content (AvgIpc) is 3.20. The number of fused-ring (bicyclic) bond motifs is 2. The molecule has 0 aliphatic carbocycles. The monoisotopic (exact) mass is 508 g/mol. The standard InChI is InChI=1S/C24H28F4N6O2/c1-24(27,28)15-6-7-29-19(9-15)31-20-10-18(14-3-2-8-33(11-14)22(35)21(25)26)30-23(32-20)34-12-16-4-5-17(13-34)36-16/h6-7,9-10,14,16-17,21H,2-5,8,11-13H2,1H3,(H,29,30,31,32). The number of piperidine rings is 1. The molecule has 0 radical (unpaired) electrons. The Labute approximate surface area is 206 Å². The second kappa shape index (κ2) is 9.79. The number of likely N-dealkylation sites (tertiary alicyclic amines) is 1. The Morgan fingerprint density at radius 2 is 1.86 bits per heavy atom. The normalized spacial score (nSPS) is 24.3. The molecule has 0 spiro atoms. The van der Waals surface area contributed by atoms with Crippen molar-refractivity contribution in [2.75, 3.05) is 36.4 Å². The number of rotatable bonds is 6. The van der Waals surface area contributed by atoms with Gasteiger partial charge in [0.15, 0.2) is 0 Å². The second-order valence-corrected chi connectivity index (χ2v) is 9.71. The molecule has 3 fully saturated rings. The van der Waals surface area contributed by atoms with Crippen molar-refractivity contribution < 1.29 is 27.1 Å². The van der Waals surface area contributed by atoms with E-state index in [0.29, 0.717) is 43.4 Å². The third kappa shape index (κ3) is 5.37. The highest BCUT2D eigenvalue weighted by atomic mass is 19.3. The van der Waals surface area contributed by atoms with Crippen molar-refractivity contribution in [3.8, 4) is 0 Å². The Balaban J connectivity index is 1.46. The molecule has 3 saturated heterocycles. The van der Waals surface area contributed by atoms with Crippen LogP contribution >= 0.6 is 0 Å². The van der Waals surface area contributed by atoms with Crippen LogP contribution in [0.5, 0.6) is 0 Å². The Morgan fingerprint density at radius 3 is 2.56 bits per heavy atom. The van der Waals surface area contributed by atoms with Gasteiger partial charge in [0.1, 0.15) is 11.6 Å². The van der Waals surface area contributed by atoms with Crippen LogP contribution in [0.2, 0.25) is 0 Å². The van der Waals surface area contributed by atoms with Crippen LogP contribution in [0, 0.1) is 0 Å². The summed E-state index contributed by atoms with van der Waals surface area (Å²) in [5.41, 5.74) is 0.415. The maximum Gasteiger partial charge on any atom is 0.315 e. The summed E-state index contributed by atoms with van der Waals surface area (Å²) in [5, 5.41) is 3.01. The van der Waals surface area contributed by atoms with Gasteiger partial charge in [-0.05, 0) is 37.8 Å². The summed E-state index contributed by atoms with van der Waals surface area (Å²) in [6.07, 6.45) is 1.59. The minimum Gasteiger partial charge on any atom is -0.371 e. The quantitative estimate of drug-likeness (QED) is 0.589. The molecule has 12 heteroatoms. The lowest BCUT2D eigenvalue weighted by Gasteiger charge is -2.34. The minimum atomic E-state index is -3.05. The van der Waals surface area contributed by atoms with Crippen LogP contribution < -0.4 is 10.2 Å². The number of alkyl halides is 4. The molecule has 2 bridgehead atoms. The number of nitrogens with one attached hydrogen (secondary N) is 1. The number of carbonyl (C=O) groups is 1. The van der Waals surface area contributed by atoms with E-state index in [0.717, 1.165) is 19.8 Å². The van der Waals surface area contributed by atoms with Gasteiger partial charge in [-0.25, -0.2) is 18.7 Å². The number of amides is 1. The lowest BCUT2D eigenvalue weighted by molar-refractivity contribution is -0.144. The average molecular weight is 509 g/mol. The zero-order chi connectivity index (χ0) is 25.4. The fourth-order valence-electron chi connectivity index (χ4n) is 5.11. The van der Waals surface area contributed by atoms with Gasteiger partial charge in [0, 0.05) is 56.8 Å². The molecule has 5 rings (SSSR count). The molecule has 8 nitrogen and oxygen atoms in total. The summed E-state index contributed by atoms with van der Waals surface area (Å²) in [5.74, 6) is -3.47. The van der Waals surface area contributed by atoms with Crippen LogP contribution in [0.15, 0.2) is 24.4 Å². The van der Waals surface area contributed by atoms with E-state index in [-0.39, 0.29) is 42.6 Å². The number of carbonyl (C=O) groups excluding carboxylic acids is 1. The van der Waals surface area contributed by atoms with Crippen LogP contribution in [-0.4, -0.2) is 70.6 Å². The van der Waals surface area contributed by atoms with Crippen LogP contribution in [0.3, 0.4) is 0 Å². The van der Waals surface area contributed by atoms with E-state index in [4.69, 9.17) is 9.72 Å². The number of anilines is 3. The van der Waals surface area contributed by atoms with Crippen LogP contribution in [0.4, 0.5) is 35.1 Å². The van der Waals surface area contributed by atoms with Crippen LogP contribution in [0.1, 0.15) is 49.8 Å². The topological polar surface area (TPSA) is 83.5 Å². The van der Waals surface area contributed by atoms with Crippen molar-refractivity contribution >= 4 is 23.5 Å². The number of ether oxygens (including phenoxy) is 1. The number of nitrogens with zero attached hydrogens (tertiary/aromatic N) is 5. The van der Waals surface area contributed by atoms with Gasteiger partial charge in [0.25, 0.3) is 11.8 Å². The van der Waals surface area contributed by atoms with Crippen molar-refractivity contribution in [1.82, 2.24) is 19.9 Å². The second-order valence-electron chi connectivity index (χ2n) is 9.71. The molecule has 5 heterocycles. The van der Waals surface area contributed by atoms with Crippen LogP contribution in [-0.2, 0) is 15.5 Å². The summed E-state index contributed by atoms with van der Waals surface area (Å²) in [6.45, 7) is 2.46. The van der Waals surface area contributed by atoms with Crippen molar-refractivity contribution in [1.29, 1.82) is 0 Å². The van der Waals surface area contributed by atoms with E-state index in [1.54, 1.807) is 6.07 Å². The smallest absolute Gasteiger partial charge is 0.315 e. The maximum absolute atomic E-state index is 13.8. The molecule has 36 heavy (non-hydrogen) atoms. The molecule has 1 N–H and O–H groups in total. The van der Waals surface area contributed by atoms with Gasteiger partial charge in [0.05, 0.1) is 17.9 Å². The fourth-order valence-corrected chi connectivity index (χ4v) is 5.11. The van der Waals surface area contributed by atoms with Gasteiger partial charge in [-0.15, -0.1) is 0 Å². The van der Waals surface area contributed by atoms with Crippen molar-refractivity contribution in [3.63, 3.8) is 0 Å². The first-order valence-corrected chi connectivity index (χ1v) is 12.1. The largest absolute Gasteiger partial charge is 0.371 e. The summed E-state index contributed by atoms with van der Waals surface area (Å²) in [7, 11) is 0. The molecule has 1 amide bonds. The third-order valence-electron chi connectivity index (χ3n) is 6.92. The molecular formula is C24H28F4N6O2. The van der Waals surface area contributed by atoms with Gasteiger partial charge < -0.3 is 19.9 Å². The first kappa shape index (κ1) is 24.7. The predicted octanol–water partition coefficient (Wildman–Crippen LogP) is 4.07. The van der Waals surface area contributed by atoms with Gasteiger partial charge in [0.2, 0.25) is 5.95 Å². The summed E-state index contributed by atoms with van der Waals surface area (Å²) < 4.78 is 59.7. The van der Waals surface area contributed by atoms with Gasteiger partial charge in [-0.1, -0.05) is 0 Å². The van der Waals surface area contributed by atoms with Crippen molar-refractivity contribution in [3.05, 3.63) is 35.7 Å². The van der Waals surface area contributed by atoms with E-state index < -0.39 is 18.3 Å². The SMILES string of the molecule is CC(F)(F)c1ccnc(Nc2cc(C3CCCN(C(=O)C(F)F)C3)nc(N3CC4CCC(C3)O4)n2)c1. The summed E-state index contributed by atoms with van der Waals surface area (Å²) in [6, 6.07) is 4.19. The van der Waals surface area contributed by atoms with Crippen molar-refractivity contribution in [2.24, 2.45) is 0 Å². The Kier molecular flexibility index (Phi) is 6.71. The molecule has 2 aromatic rings. The van der Waals surface area contributed by atoms with E-state index in [9.17, 15) is 22.4 Å². The number of aromatic nitrogens is 3. The predicted molar refractivity (Wildman–Crippen MR) is 124 cm³/mol. The summed E-state index contributed by atoms with van der Waals surface area (Å²) in [4.78, 5) is 28.7. The van der Waals surface area contributed by atoms with E-state index in [2.05, 4.69) is 15.3 Å². The Morgan fingerprint density at radius 1 is 1.11 bits per heavy atom. The molecule has 0 saturated carbocycles. The zero-order valence-corrected chi connectivity index (χ0v) is 19.8. The Hall–Kier alpha value is -3.02.